The van der Waals surface area contributed by atoms with E-state index in [0.29, 0.717) is 18.0 Å². The maximum Gasteiger partial charge on any atom is 0.317 e. The lowest BCUT2D eigenvalue weighted by Crippen LogP contribution is -2.02. The molecule has 0 atom stereocenters. The quantitative estimate of drug-likeness (QED) is 0.681. The summed E-state index contributed by atoms with van der Waals surface area (Å²) >= 11 is 0. The van der Waals surface area contributed by atoms with Gasteiger partial charge in [-0.3, -0.25) is 0 Å². The van der Waals surface area contributed by atoms with Crippen LogP contribution in [0.5, 0.6) is 6.01 Å². The summed E-state index contributed by atoms with van der Waals surface area (Å²) in [5.41, 5.74) is 1.16. The van der Waals surface area contributed by atoms with E-state index >= 15 is 0 Å². The fraction of sp³-hybridized carbons (Fsp3) is 0.250. The number of hydrogen-bond donors (Lipinski definition) is 0. The SMILES string of the molecule is COCc1ccnc(OCc2cn(-c3ccc(F)c(C)c3F)nn2)n1. The van der Waals surface area contributed by atoms with Gasteiger partial charge in [0.2, 0.25) is 0 Å². The highest BCUT2D eigenvalue weighted by atomic mass is 19.1. The molecule has 130 valence electrons. The minimum Gasteiger partial charge on any atom is -0.457 e. The highest BCUT2D eigenvalue weighted by molar-refractivity contribution is 5.37. The molecule has 3 rings (SSSR count). The molecule has 0 saturated carbocycles. The van der Waals surface area contributed by atoms with Gasteiger partial charge in [0, 0.05) is 18.9 Å². The van der Waals surface area contributed by atoms with Crippen LogP contribution < -0.4 is 4.74 Å². The number of benzene rings is 1. The fourth-order valence-electron chi connectivity index (χ4n) is 2.12. The molecule has 2 aromatic heterocycles. The molecule has 0 N–H and O–H groups in total. The Morgan fingerprint density at radius 3 is 2.76 bits per heavy atom. The van der Waals surface area contributed by atoms with Crippen LogP contribution in [0.2, 0.25) is 0 Å². The zero-order valence-corrected chi connectivity index (χ0v) is 13.6. The van der Waals surface area contributed by atoms with Crippen LogP contribution in [0.1, 0.15) is 17.0 Å². The van der Waals surface area contributed by atoms with Gasteiger partial charge in [-0.05, 0) is 25.1 Å². The number of ether oxygens (including phenoxy) is 2. The van der Waals surface area contributed by atoms with Gasteiger partial charge in [0.1, 0.15) is 23.8 Å². The van der Waals surface area contributed by atoms with Crippen molar-refractivity contribution in [3.8, 4) is 11.7 Å². The van der Waals surface area contributed by atoms with Crippen LogP contribution in [0.3, 0.4) is 0 Å². The monoisotopic (exact) mass is 347 g/mol. The first-order valence-corrected chi connectivity index (χ1v) is 7.38. The van der Waals surface area contributed by atoms with Gasteiger partial charge in [0.15, 0.2) is 5.82 Å². The second-order valence-electron chi connectivity index (χ2n) is 5.21. The van der Waals surface area contributed by atoms with Crippen molar-refractivity contribution < 1.29 is 18.3 Å². The van der Waals surface area contributed by atoms with Gasteiger partial charge in [-0.25, -0.2) is 18.4 Å². The van der Waals surface area contributed by atoms with Crippen LogP contribution in [0.15, 0.2) is 30.6 Å². The molecule has 0 spiro atoms. The maximum absolute atomic E-state index is 14.1. The van der Waals surface area contributed by atoms with Gasteiger partial charge >= 0.3 is 6.01 Å². The molecule has 0 aliphatic rings. The number of aromatic nitrogens is 5. The molecule has 0 bridgehead atoms. The Morgan fingerprint density at radius 1 is 1.12 bits per heavy atom. The van der Waals surface area contributed by atoms with Crippen molar-refractivity contribution in [2.24, 2.45) is 0 Å². The first-order chi connectivity index (χ1) is 12.1. The molecular weight excluding hydrogens is 332 g/mol. The van der Waals surface area contributed by atoms with Crippen molar-refractivity contribution in [1.82, 2.24) is 25.0 Å². The summed E-state index contributed by atoms with van der Waals surface area (Å²) in [6.07, 6.45) is 3.05. The zero-order chi connectivity index (χ0) is 17.8. The van der Waals surface area contributed by atoms with Crippen LogP contribution in [0, 0.1) is 18.6 Å². The van der Waals surface area contributed by atoms with Gasteiger partial charge in [-0.15, -0.1) is 5.10 Å². The van der Waals surface area contributed by atoms with Crippen LogP contribution >= 0.6 is 0 Å². The van der Waals surface area contributed by atoms with Crippen molar-refractivity contribution in [3.05, 3.63) is 59.2 Å². The van der Waals surface area contributed by atoms with Gasteiger partial charge in [0.25, 0.3) is 0 Å². The van der Waals surface area contributed by atoms with E-state index in [0.717, 1.165) is 0 Å². The number of hydrogen-bond acceptors (Lipinski definition) is 6. The molecule has 7 nitrogen and oxygen atoms in total. The lowest BCUT2D eigenvalue weighted by Gasteiger charge is -2.05. The number of rotatable bonds is 6. The summed E-state index contributed by atoms with van der Waals surface area (Å²) < 4.78 is 39.2. The van der Waals surface area contributed by atoms with Gasteiger partial charge in [0.05, 0.1) is 18.5 Å². The third-order valence-corrected chi connectivity index (χ3v) is 3.42. The summed E-state index contributed by atoms with van der Waals surface area (Å²) in [5.74, 6) is -1.30. The van der Waals surface area contributed by atoms with E-state index in [1.54, 1.807) is 19.4 Å². The molecule has 0 radical (unpaired) electrons. The normalized spacial score (nSPS) is 10.9. The Labute approximate surface area is 142 Å². The summed E-state index contributed by atoms with van der Waals surface area (Å²) in [5, 5.41) is 7.75. The second-order valence-corrected chi connectivity index (χ2v) is 5.21. The molecule has 1 aromatic carbocycles. The molecule has 0 aliphatic heterocycles. The molecule has 0 saturated heterocycles. The Hall–Kier alpha value is -2.94. The van der Waals surface area contributed by atoms with Crippen LogP contribution in [-0.2, 0) is 18.0 Å². The van der Waals surface area contributed by atoms with E-state index in [9.17, 15) is 8.78 Å². The van der Waals surface area contributed by atoms with Crippen molar-refractivity contribution in [1.29, 1.82) is 0 Å². The van der Waals surface area contributed by atoms with E-state index in [2.05, 4.69) is 20.3 Å². The van der Waals surface area contributed by atoms with E-state index in [1.807, 2.05) is 0 Å². The van der Waals surface area contributed by atoms with E-state index in [-0.39, 0.29) is 23.9 Å². The van der Waals surface area contributed by atoms with Crippen LogP contribution in [-0.4, -0.2) is 32.1 Å². The molecule has 0 aliphatic carbocycles. The highest BCUT2D eigenvalue weighted by Gasteiger charge is 2.13. The number of halogens is 2. The summed E-state index contributed by atoms with van der Waals surface area (Å²) in [6, 6.07) is 4.37. The van der Waals surface area contributed by atoms with E-state index in [1.165, 1.54) is 29.9 Å². The molecule has 0 amide bonds. The van der Waals surface area contributed by atoms with Gasteiger partial charge in [-0.2, -0.15) is 4.98 Å². The standard InChI is InChI=1S/C16H15F2N5O2/c1-10-13(17)3-4-14(15(10)18)23-7-12(21-22-23)9-25-16-19-6-5-11(20-16)8-24-2/h3-7H,8-9H2,1-2H3. The van der Waals surface area contributed by atoms with Crippen molar-refractivity contribution in [2.75, 3.05) is 7.11 Å². The van der Waals surface area contributed by atoms with Crippen molar-refractivity contribution in [3.63, 3.8) is 0 Å². The topological polar surface area (TPSA) is 75.0 Å². The smallest absolute Gasteiger partial charge is 0.317 e. The lowest BCUT2D eigenvalue weighted by molar-refractivity contribution is 0.179. The first-order valence-electron chi connectivity index (χ1n) is 7.38. The molecule has 0 fully saturated rings. The Morgan fingerprint density at radius 2 is 1.96 bits per heavy atom. The Kier molecular flexibility index (Phi) is 4.94. The van der Waals surface area contributed by atoms with E-state index < -0.39 is 11.6 Å². The molecule has 25 heavy (non-hydrogen) atoms. The number of methoxy groups -OCH3 is 1. The van der Waals surface area contributed by atoms with E-state index in [4.69, 9.17) is 9.47 Å². The van der Waals surface area contributed by atoms with Crippen molar-refractivity contribution >= 4 is 0 Å². The summed E-state index contributed by atoms with van der Waals surface area (Å²) in [4.78, 5) is 8.15. The largest absolute Gasteiger partial charge is 0.457 e. The molecule has 9 heteroatoms. The molecule has 3 aromatic rings. The van der Waals surface area contributed by atoms with Crippen LogP contribution in [0.25, 0.3) is 5.69 Å². The Balaban J connectivity index is 1.72. The third kappa shape index (κ3) is 3.77. The average molecular weight is 347 g/mol. The first kappa shape index (κ1) is 16.9. The highest BCUT2D eigenvalue weighted by Crippen LogP contribution is 2.19. The summed E-state index contributed by atoms with van der Waals surface area (Å²) in [6.45, 7) is 1.76. The summed E-state index contributed by atoms with van der Waals surface area (Å²) in [7, 11) is 1.57. The minimum absolute atomic E-state index is 0.0538. The zero-order valence-electron chi connectivity index (χ0n) is 13.6. The molecule has 2 heterocycles. The van der Waals surface area contributed by atoms with Gasteiger partial charge < -0.3 is 9.47 Å². The van der Waals surface area contributed by atoms with Crippen LogP contribution in [0.4, 0.5) is 8.78 Å². The second kappa shape index (κ2) is 7.31. The average Bonchev–Trinajstić information content (AvgIpc) is 3.07. The third-order valence-electron chi connectivity index (χ3n) is 3.42. The van der Waals surface area contributed by atoms with Crippen molar-refractivity contribution in [2.45, 2.75) is 20.1 Å². The molecule has 0 unspecified atom stereocenters. The predicted molar refractivity (Wildman–Crippen MR) is 83.1 cm³/mol. The Bertz CT molecular complexity index is 885. The number of nitrogens with zero attached hydrogens (tertiary/aromatic N) is 5. The predicted octanol–water partition coefficient (Wildman–Crippen LogP) is 2.37. The maximum atomic E-state index is 14.1. The fourth-order valence-corrected chi connectivity index (χ4v) is 2.12. The minimum atomic E-state index is -0.687. The van der Waals surface area contributed by atoms with Gasteiger partial charge in [-0.1, -0.05) is 5.21 Å². The molecular formula is C16H15F2N5O2. The lowest BCUT2D eigenvalue weighted by atomic mass is 10.2.